The lowest BCUT2D eigenvalue weighted by molar-refractivity contribution is -0.157. The average Bonchev–Trinajstić information content (AvgIpc) is 3.29. The van der Waals surface area contributed by atoms with Crippen molar-refractivity contribution < 1.29 is 23.9 Å². The van der Waals surface area contributed by atoms with Gasteiger partial charge < -0.3 is 14.8 Å². The Morgan fingerprint density at radius 1 is 1.11 bits per heavy atom. The summed E-state index contributed by atoms with van der Waals surface area (Å²) in [5.41, 5.74) is 0.677. The zero-order valence-electron chi connectivity index (χ0n) is 14.6. The number of rotatable bonds is 4. The van der Waals surface area contributed by atoms with Gasteiger partial charge in [-0.2, -0.15) is 0 Å². The third kappa shape index (κ3) is 2.59. The minimum absolute atomic E-state index is 0.0220. The lowest BCUT2D eigenvalue weighted by atomic mass is 9.80. The number of nitrogens with one attached hydrogen (secondary N) is 1. The highest BCUT2D eigenvalue weighted by Crippen LogP contribution is 2.57. The van der Waals surface area contributed by atoms with Gasteiger partial charge in [0, 0.05) is 17.0 Å². The van der Waals surface area contributed by atoms with E-state index in [1.165, 1.54) is 0 Å². The first kappa shape index (κ1) is 16.3. The number of carbonyl (C=O) groups excluding carboxylic acids is 3. The summed E-state index contributed by atoms with van der Waals surface area (Å²) < 4.78 is 10.6. The van der Waals surface area contributed by atoms with Crippen molar-refractivity contribution >= 4 is 34.3 Å². The molecule has 27 heavy (non-hydrogen) atoms. The van der Waals surface area contributed by atoms with Crippen molar-refractivity contribution in [3.63, 3.8) is 0 Å². The van der Waals surface area contributed by atoms with Crippen LogP contribution in [0, 0.1) is 23.7 Å². The molecule has 138 valence electrons. The number of esters is 2. The van der Waals surface area contributed by atoms with Gasteiger partial charge in [-0.25, -0.2) is 0 Å². The highest BCUT2D eigenvalue weighted by molar-refractivity contribution is 6.02. The molecule has 1 heterocycles. The largest absolute Gasteiger partial charge is 0.462 e. The molecule has 3 fully saturated rings. The zero-order valence-corrected chi connectivity index (χ0v) is 14.6. The molecule has 2 aliphatic carbocycles. The van der Waals surface area contributed by atoms with E-state index in [1.807, 2.05) is 42.5 Å². The standard InChI is InChI=1S/C21H19NO5/c23-17(22-15-7-3-5-11-4-1-2-6-13(11)15)10-26-20(24)18-12-8-14-16(9-12)27-21(25)19(14)18/h1-7,12,14,16,18-19H,8-10H2,(H,22,23)/t12-,14-,16+,18-,19-/m0/s1. The Balaban J connectivity index is 1.23. The Morgan fingerprint density at radius 2 is 1.93 bits per heavy atom. The maximum absolute atomic E-state index is 12.5. The molecule has 1 amide bonds. The number of fused-ring (bicyclic) bond motifs is 2. The monoisotopic (exact) mass is 365 g/mol. The average molecular weight is 365 g/mol. The topological polar surface area (TPSA) is 81.7 Å². The Morgan fingerprint density at radius 3 is 2.81 bits per heavy atom. The van der Waals surface area contributed by atoms with Gasteiger partial charge in [-0.1, -0.05) is 36.4 Å². The summed E-state index contributed by atoms with van der Waals surface area (Å²) in [5.74, 6) is -1.72. The van der Waals surface area contributed by atoms with Crippen molar-refractivity contribution in [2.24, 2.45) is 23.7 Å². The van der Waals surface area contributed by atoms with Crippen LogP contribution in [0.15, 0.2) is 42.5 Å². The summed E-state index contributed by atoms with van der Waals surface area (Å²) in [5, 5.41) is 4.74. The maximum Gasteiger partial charge on any atom is 0.310 e. The second kappa shape index (κ2) is 6.08. The van der Waals surface area contributed by atoms with Crippen LogP contribution in [-0.2, 0) is 23.9 Å². The number of anilines is 1. The van der Waals surface area contributed by atoms with E-state index >= 15 is 0 Å². The fourth-order valence-corrected chi connectivity index (χ4v) is 5.08. The van der Waals surface area contributed by atoms with E-state index in [9.17, 15) is 14.4 Å². The molecule has 1 N–H and O–H groups in total. The lowest BCUT2D eigenvalue weighted by Crippen LogP contribution is -2.34. The van der Waals surface area contributed by atoms with Crippen molar-refractivity contribution in [3.8, 4) is 0 Å². The van der Waals surface area contributed by atoms with Crippen LogP contribution in [0.4, 0.5) is 5.69 Å². The third-order valence-corrected chi connectivity index (χ3v) is 6.16. The molecule has 1 aliphatic heterocycles. The minimum Gasteiger partial charge on any atom is -0.462 e. The number of hydrogen-bond donors (Lipinski definition) is 1. The molecule has 0 spiro atoms. The van der Waals surface area contributed by atoms with Crippen LogP contribution in [0.5, 0.6) is 0 Å². The second-order valence-corrected chi connectivity index (χ2v) is 7.60. The Labute approximate surface area is 155 Å². The van der Waals surface area contributed by atoms with Crippen LogP contribution in [0.25, 0.3) is 10.8 Å². The van der Waals surface area contributed by atoms with E-state index in [4.69, 9.17) is 9.47 Å². The van der Waals surface area contributed by atoms with Crippen LogP contribution in [0.3, 0.4) is 0 Å². The highest BCUT2D eigenvalue weighted by atomic mass is 16.6. The molecular formula is C21H19NO5. The number of benzene rings is 2. The summed E-state index contributed by atoms with van der Waals surface area (Å²) in [7, 11) is 0. The van der Waals surface area contributed by atoms with Gasteiger partial charge in [-0.3, -0.25) is 14.4 Å². The molecule has 6 heteroatoms. The predicted octanol–water partition coefficient (Wildman–Crippen LogP) is 2.52. The molecule has 0 unspecified atom stereocenters. The molecule has 2 aromatic carbocycles. The molecular weight excluding hydrogens is 346 g/mol. The van der Waals surface area contributed by atoms with Gasteiger partial charge in [0.2, 0.25) is 0 Å². The van der Waals surface area contributed by atoms with E-state index in [0.29, 0.717) is 5.69 Å². The fourth-order valence-electron chi connectivity index (χ4n) is 5.08. The first-order chi connectivity index (χ1) is 13.1. The summed E-state index contributed by atoms with van der Waals surface area (Å²) in [6.45, 7) is -0.360. The van der Waals surface area contributed by atoms with Crippen molar-refractivity contribution in [1.29, 1.82) is 0 Å². The SMILES string of the molecule is O=C(COC(=O)[C@H]1[C@H]2C[C@@H]3[C@@H]1C(=O)O[C@@H]3C2)Nc1cccc2ccccc12. The maximum atomic E-state index is 12.5. The third-order valence-electron chi connectivity index (χ3n) is 6.16. The van der Waals surface area contributed by atoms with Crippen molar-refractivity contribution in [3.05, 3.63) is 42.5 Å². The van der Waals surface area contributed by atoms with Gasteiger partial charge in [0.25, 0.3) is 5.91 Å². The first-order valence-electron chi connectivity index (χ1n) is 9.26. The van der Waals surface area contributed by atoms with E-state index in [1.54, 1.807) is 0 Å². The molecule has 5 atom stereocenters. The molecule has 6 nitrogen and oxygen atoms in total. The van der Waals surface area contributed by atoms with Crippen LogP contribution < -0.4 is 5.32 Å². The van der Waals surface area contributed by atoms with Crippen LogP contribution in [0.1, 0.15) is 12.8 Å². The molecule has 0 aromatic heterocycles. The highest BCUT2D eigenvalue weighted by Gasteiger charge is 2.64. The molecule has 1 saturated heterocycles. The van der Waals surface area contributed by atoms with Gasteiger partial charge in [-0.15, -0.1) is 0 Å². The van der Waals surface area contributed by atoms with Crippen LogP contribution in [0.2, 0.25) is 0 Å². The molecule has 2 bridgehead atoms. The normalized spacial score (nSPS) is 30.4. The van der Waals surface area contributed by atoms with Gasteiger partial charge in [0.15, 0.2) is 6.61 Å². The smallest absolute Gasteiger partial charge is 0.310 e. The predicted molar refractivity (Wildman–Crippen MR) is 96.6 cm³/mol. The van der Waals surface area contributed by atoms with Crippen molar-refractivity contribution in [1.82, 2.24) is 0 Å². The minimum atomic E-state index is -0.466. The molecule has 2 saturated carbocycles. The van der Waals surface area contributed by atoms with Gasteiger partial charge >= 0.3 is 11.9 Å². The Bertz CT molecular complexity index is 947. The van der Waals surface area contributed by atoms with E-state index in [-0.39, 0.29) is 36.4 Å². The number of hydrogen-bond acceptors (Lipinski definition) is 5. The Hall–Kier alpha value is -2.89. The van der Waals surface area contributed by atoms with Crippen LogP contribution in [-0.4, -0.2) is 30.6 Å². The molecule has 5 rings (SSSR count). The molecule has 3 aliphatic rings. The lowest BCUT2D eigenvalue weighted by Gasteiger charge is -2.22. The van der Waals surface area contributed by atoms with Crippen molar-refractivity contribution in [2.45, 2.75) is 18.9 Å². The summed E-state index contributed by atoms with van der Waals surface area (Å²) in [6, 6.07) is 13.4. The number of carbonyl (C=O) groups is 3. The van der Waals surface area contributed by atoms with Crippen molar-refractivity contribution in [2.75, 3.05) is 11.9 Å². The van der Waals surface area contributed by atoms with Gasteiger partial charge in [-0.05, 0) is 30.2 Å². The fraction of sp³-hybridized carbons (Fsp3) is 0.381. The van der Waals surface area contributed by atoms with Crippen LogP contribution >= 0.6 is 0 Å². The number of amides is 1. The van der Waals surface area contributed by atoms with Gasteiger partial charge in [0.05, 0.1) is 11.8 Å². The second-order valence-electron chi connectivity index (χ2n) is 7.60. The number of ether oxygens (including phenoxy) is 2. The summed E-state index contributed by atoms with van der Waals surface area (Å²) in [4.78, 5) is 36.8. The summed E-state index contributed by atoms with van der Waals surface area (Å²) >= 11 is 0. The van der Waals surface area contributed by atoms with E-state index in [2.05, 4.69) is 5.32 Å². The van der Waals surface area contributed by atoms with E-state index in [0.717, 1.165) is 23.6 Å². The first-order valence-corrected chi connectivity index (χ1v) is 9.26. The zero-order chi connectivity index (χ0) is 18.5. The summed E-state index contributed by atoms with van der Waals surface area (Å²) in [6.07, 6.45) is 1.55. The quantitative estimate of drug-likeness (QED) is 0.842. The van der Waals surface area contributed by atoms with Gasteiger partial charge in [0.1, 0.15) is 6.10 Å². The Kier molecular flexibility index (Phi) is 3.67. The molecule has 2 aromatic rings. The van der Waals surface area contributed by atoms with E-state index < -0.39 is 17.8 Å². The molecule has 0 radical (unpaired) electrons.